The molecule has 0 aliphatic carbocycles. The Morgan fingerprint density at radius 3 is 2.23 bits per heavy atom. The minimum absolute atomic E-state index is 0.00648. The number of rotatable bonds is 32. The number of amides is 8. The molecule has 0 spiro atoms. The van der Waals surface area contributed by atoms with Gasteiger partial charge in [-0.2, -0.15) is 0 Å². The number of ether oxygens (including phenoxy) is 5. The molecular weight excluding hydrogens is 1270 g/mol. The molecule has 3 aliphatic rings. The van der Waals surface area contributed by atoms with Crippen LogP contribution < -0.4 is 30.9 Å². The standard InChI is InChI=1S/C70H79N11O17/c1-40(2)50(35-49(82)23-27-95-29-30-96-28-24-71-59(84)22-25-79-61(86)20-21-62(79)87)65(88)72-43(5)56(83)33-44-10-12-45(13-11-44)39-98-70(93)81-54-36-57(42(4)32-51(54)67(90)80-37-41(3)31-55(80)68(81)91)97-26-8-9-60(85)76-58-38-78(6)64(77-58)66(89)73-48-17-14-46(15-18-48)63-74-52-19-16-47(69(92)94-7)34-53(52)75-63/h10-21,32,34,36,38,40,43,50,55,68,91H,3,8-9,22-31,33,35,37,39H2,1-2,4-7H3,(H,71,84)(H,72,88)(H,73,89)(H,74,75)(H,76,85)/t43-,50-,55-,68?/m0/s1. The predicted octanol–water partition coefficient (Wildman–Crippen LogP) is 6.06. The fourth-order valence-electron chi connectivity index (χ4n) is 11.3. The molecule has 9 rings (SSSR count). The van der Waals surface area contributed by atoms with Crippen molar-refractivity contribution < 1.29 is 81.5 Å². The highest BCUT2D eigenvalue weighted by atomic mass is 16.6. The summed E-state index contributed by atoms with van der Waals surface area (Å²) in [6.07, 6.45) is 1.70. The van der Waals surface area contributed by atoms with Gasteiger partial charge in [0.1, 0.15) is 24.0 Å². The van der Waals surface area contributed by atoms with Crippen LogP contribution in [0.2, 0.25) is 0 Å². The van der Waals surface area contributed by atoms with Crippen LogP contribution in [-0.4, -0.2) is 177 Å². The predicted molar refractivity (Wildman–Crippen MR) is 356 cm³/mol. The molecule has 5 heterocycles. The third-order valence-corrected chi connectivity index (χ3v) is 16.7. The van der Waals surface area contributed by atoms with Crippen molar-refractivity contribution in [3.63, 3.8) is 0 Å². The number of nitrogens with one attached hydrogen (secondary N) is 5. The summed E-state index contributed by atoms with van der Waals surface area (Å²) in [7, 11) is 2.93. The molecule has 6 aromatic rings. The molecular formula is C70H79N11O17. The Labute approximate surface area is 564 Å². The lowest BCUT2D eigenvalue weighted by Gasteiger charge is -2.31. The number of carbonyl (C=O) groups excluding carboxylic acids is 11. The zero-order chi connectivity index (χ0) is 70.3. The van der Waals surface area contributed by atoms with E-state index >= 15 is 0 Å². The van der Waals surface area contributed by atoms with Crippen molar-refractivity contribution in [1.82, 2.24) is 40.0 Å². The molecule has 1 fully saturated rings. The number of benzene rings is 4. The van der Waals surface area contributed by atoms with E-state index in [1.807, 2.05) is 13.8 Å². The van der Waals surface area contributed by atoms with Gasteiger partial charge in [-0.05, 0) is 97.8 Å². The lowest BCUT2D eigenvalue weighted by atomic mass is 9.88. The lowest BCUT2D eigenvalue weighted by Crippen LogP contribution is -2.50. The molecule has 6 N–H and O–H groups in total. The van der Waals surface area contributed by atoms with Gasteiger partial charge in [-0.15, -0.1) is 0 Å². The van der Waals surface area contributed by atoms with Gasteiger partial charge < -0.3 is 64.5 Å². The molecule has 1 saturated heterocycles. The quantitative estimate of drug-likeness (QED) is 0.0121. The van der Waals surface area contributed by atoms with Crippen LogP contribution in [0, 0.1) is 18.8 Å². The first-order chi connectivity index (χ1) is 46.9. The Hall–Kier alpha value is -10.7. The summed E-state index contributed by atoms with van der Waals surface area (Å²) in [5, 5.41) is 22.9. The van der Waals surface area contributed by atoms with Gasteiger partial charge in [-0.3, -0.25) is 48.1 Å². The number of methoxy groups -OCH3 is 1. The number of fused-ring (bicyclic) bond motifs is 3. The van der Waals surface area contributed by atoms with Crippen molar-refractivity contribution in [2.45, 2.75) is 97.6 Å². The number of Topliss-reactive ketones (excluding diaryl/α,β-unsaturated/α-hetero) is 2. The molecule has 516 valence electrons. The number of aliphatic hydroxyl groups excluding tert-OH is 1. The summed E-state index contributed by atoms with van der Waals surface area (Å²) in [6.45, 7) is 11.8. The van der Waals surface area contributed by atoms with E-state index in [1.54, 1.807) is 93.7 Å². The fraction of sp³-hybridized carbons (Fsp3) is 0.386. The number of esters is 1. The van der Waals surface area contributed by atoms with E-state index in [0.29, 0.717) is 50.4 Å². The summed E-state index contributed by atoms with van der Waals surface area (Å²) >= 11 is 0. The lowest BCUT2D eigenvalue weighted by molar-refractivity contribution is -0.137. The van der Waals surface area contributed by atoms with Crippen LogP contribution >= 0.6 is 0 Å². The second-order valence-electron chi connectivity index (χ2n) is 24.3. The van der Waals surface area contributed by atoms with Crippen molar-refractivity contribution in [3.8, 4) is 17.1 Å². The normalized spacial score (nSPS) is 15.6. The van der Waals surface area contributed by atoms with Crippen LogP contribution in [0.25, 0.3) is 22.4 Å². The summed E-state index contributed by atoms with van der Waals surface area (Å²) in [5.74, 6) is -3.85. The summed E-state index contributed by atoms with van der Waals surface area (Å²) in [5.41, 5.74) is 5.49. The first kappa shape index (κ1) is 71.6. The first-order valence-corrected chi connectivity index (χ1v) is 32.1. The number of H-pyrrole nitrogens is 1. The maximum atomic E-state index is 14.2. The number of carbonyl (C=O) groups is 11. The molecule has 0 bridgehead atoms. The molecule has 2 aromatic heterocycles. The maximum absolute atomic E-state index is 14.2. The van der Waals surface area contributed by atoms with Crippen LogP contribution in [0.3, 0.4) is 0 Å². The minimum Gasteiger partial charge on any atom is -0.493 e. The Morgan fingerprint density at radius 2 is 1.52 bits per heavy atom. The number of aromatic nitrogens is 4. The number of hydrogen-bond acceptors (Lipinski definition) is 19. The van der Waals surface area contributed by atoms with E-state index in [-0.39, 0.29) is 156 Å². The molecule has 28 nitrogen and oxygen atoms in total. The second kappa shape index (κ2) is 32.8. The van der Waals surface area contributed by atoms with Gasteiger partial charge in [0, 0.05) is 100 Å². The van der Waals surface area contributed by atoms with Gasteiger partial charge in [0.15, 0.2) is 17.8 Å². The Bertz CT molecular complexity index is 4050. The van der Waals surface area contributed by atoms with Gasteiger partial charge in [0.2, 0.25) is 23.5 Å². The SMILES string of the molecule is C=C1C[C@H]2C(O)N(C(=O)OCc3ccc(CC(=O)[C@H](C)NC(=O)[C@@H](CC(=O)CCOCCOCCNC(=O)CCN4C(=O)C=CC4=O)C(C)C)cc3)c3cc(OCCCC(=O)Nc4cn(C)c(C(=O)Nc5ccc(-c6nc7ccc(C(=O)OC)cc7[nH]6)cc5)n4)c(C)cc3C(=O)N2C1. The fourth-order valence-corrected chi connectivity index (χ4v) is 11.3. The number of aryl methyl sites for hydroxylation is 2. The van der Waals surface area contributed by atoms with Crippen LogP contribution in [0.4, 0.5) is 22.0 Å². The highest BCUT2D eigenvalue weighted by Gasteiger charge is 2.46. The Morgan fingerprint density at radius 1 is 0.806 bits per heavy atom. The molecule has 4 aromatic carbocycles. The van der Waals surface area contributed by atoms with Gasteiger partial charge in [-0.1, -0.05) is 50.3 Å². The molecule has 3 aliphatic heterocycles. The van der Waals surface area contributed by atoms with Crippen LogP contribution in [0.15, 0.2) is 109 Å². The molecule has 0 saturated carbocycles. The zero-order valence-corrected chi connectivity index (χ0v) is 55.3. The van der Waals surface area contributed by atoms with E-state index in [2.05, 4.69) is 42.8 Å². The van der Waals surface area contributed by atoms with Crippen molar-refractivity contribution in [1.29, 1.82) is 0 Å². The number of aliphatic hydroxyl groups is 1. The summed E-state index contributed by atoms with van der Waals surface area (Å²) in [4.78, 5) is 158. The van der Waals surface area contributed by atoms with Crippen molar-refractivity contribution in [2.24, 2.45) is 18.9 Å². The number of imide groups is 1. The van der Waals surface area contributed by atoms with Crippen molar-refractivity contribution in [3.05, 3.63) is 143 Å². The van der Waals surface area contributed by atoms with Crippen LogP contribution in [-0.2, 0) is 72.6 Å². The molecule has 1 unspecified atom stereocenters. The van der Waals surface area contributed by atoms with E-state index in [9.17, 15) is 57.8 Å². The van der Waals surface area contributed by atoms with Gasteiger partial charge >= 0.3 is 12.1 Å². The van der Waals surface area contributed by atoms with Crippen molar-refractivity contribution in [2.75, 3.05) is 75.3 Å². The first-order valence-electron chi connectivity index (χ1n) is 32.1. The van der Waals surface area contributed by atoms with Gasteiger partial charge in [0.25, 0.3) is 23.6 Å². The number of nitrogens with zero attached hydrogens (tertiary/aromatic N) is 6. The number of ketones is 2. The van der Waals surface area contributed by atoms with E-state index in [1.165, 1.54) is 28.8 Å². The number of anilines is 3. The topological polar surface area (TPSA) is 358 Å². The second-order valence-corrected chi connectivity index (χ2v) is 24.3. The summed E-state index contributed by atoms with van der Waals surface area (Å²) in [6, 6.07) is 20.1. The number of hydrogen-bond donors (Lipinski definition) is 6. The smallest absolute Gasteiger partial charge is 0.416 e. The highest BCUT2D eigenvalue weighted by molar-refractivity contribution is 6.13. The molecule has 0 radical (unpaired) electrons. The minimum atomic E-state index is -1.55. The molecule has 8 amide bonds. The maximum Gasteiger partial charge on any atom is 0.416 e. The van der Waals surface area contributed by atoms with Crippen LogP contribution in [0.1, 0.15) is 107 Å². The van der Waals surface area contributed by atoms with E-state index in [0.717, 1.165) is 27.5 Å². The monoisotopic (exact) mass is 1350 g/mol. The van der Waals surface area contributed by atoms with Gasteiger partial charge in [0.05, 0.1) is 80.1 Å². The average molecular weight is 1350 g/mol. The average Bonchev–Trinajstić information content (AvgIpc) is 1.59. The zero-order valence-electron chi connectivity index (χ0n) is 55.3. The molecule has 28 heteroatoms. The summed E-state index contributed by atoms with van der Waals surface area (Å²) < 4.78 is 29.3. The Balaban J connectivity index is 0.706. The van der Waals surface area contributed by atoms with E-state index in [4.69, 9.17) is 23.7 Å². The number of imidazole rings is 2. The number of aromatic amines is 1. The van der Waals surface area contributed by atoms with Gasteiger partial charge in [-0.25, -0.2) is 24.5 Å². The van der Waals surface area contributed by atoms with Crippen LogP contribution in [0.5, 0.6) is 5.75 Å². The third kappa shape index (κ3) is 18.2. The van der Waals surface area contributed by atoms with E-state index < -0.39 is 71.7 Å². The highest BCUT2D eigenvalue weighted by Crippen LogP contribution is 2.40. The molecule has 4 atom stereocenters. The van der Waals surface area contributed by atoms with Crippen molar-refractivity contribution >= 4 is 93.2 Å². The largest absolute Gasteiger partial charge is 0.493 e. The molecule has 98 heavy (non-hydrogen) atoms. The Kier molecular flexibility index (Phi) is 24.0. The third-order valence-electron chi connectivity index (χ3n) is 16.7.